The molecule has 0 spiro atoms. The number of ether oxygens (including phenoxy) is 1. The predicted octanol–water partition coefficient (Wildman–Crippen LogP) is 1.62. The number of rotatable bonds is 5. The maximum atomic E-state index is 11.7. The second kappa shape index (κ2) is 6.48. The lowest BCUT2D eigenvalue weighted by atomic mass is 9.84. The Hall–Kier alpha value is -2.89. The van der Waals surface area contributed by atoms with Gasteiger partial charge in [-0.15, -0.1) is 0 Å². The van der Waals surface area contributed by atoms with E-state index in [0.717, 1.165) is 11.3 Å². The second-order valence-electron chi connectivity index (χ2n) is 5.43. The number of cyclic esters (lactones) is 1. The van der Waals surface area contributed by atoms with E-state index in [1.807, 2.05) is 30.3 Å². The normalized spacial score (nSPS) is 18.1. The van der Waals surface area contributed by atoms with Crippen LogP contribution in [-0.2, 0) is 11.2 Å². The Kier molecular flexibility index (Phi) is 4.23. The molecule has 1 saturated heterocycles. The molecular formula is C17H17N3O3. The van der Waals surface area contributed by atoms with Gasteiger partial charge in [0.15, 0.2) is 0 Å². The summed E-state index contributed by atoms with van der Waals surface area (Å²) in [6.45, 7) is 0.253. The fourth-order valence-electron chi connectivity index (χ4n) is 2.87. The van der Waals surface area contributed by atoms with Gasteiger partial charge in [-0.1, -0.05) is 24.3 Å². The van der Waals surface area contributed by atoms with E-state index < -0.39 is 12.0 Å². The number of nitrogens with zero attached hydrogens (tertiary/aromatic N) is 1. The fraction of sp³-hybridized carbons (Fsp3) is 0.235. The molecule has 2 aromatic rings. The second-order valence-corrected chi connectivity index (χ2v) is 5.43. The molecule has 0 unspecified atom stereocenters. The Morgan fingerprint density at radius 3 is 2.74 bits per heavy atom. The van der Waals surface area contributed by atoms with E-state index in [2.05, 4.69) is 10.3 Å². The highest BCUT2D eigenvalue weighted by molar-refractivity contribution is 5.94. The van der Waals surface area contributed by atoms with Crippen LogP contribution in [0.2, 0.25) is 0 Å². The van der Waals surface area contributed by atoms with Crippen LogP contribution in [0.4, 0.5) is 4.79 Å². The molecule has 118 valence electrons. The summed E-state index contributed by atoms with van der Waals surface area (Å²) in [6, 6.07) is 12.6. The van der Waals surface area contributed by atoms with Crippen molar-refractivity contribution < 1.29 is 14.3 Å². The number of amides is 2. The zero-order valence-electron chi connectivity index (χ0n) is 12.4. The van der Waals surface area contributed by atoms with Crippen molar-refractivity contribution in [2.45, 2.75) is 18.4 Å². The summed E-state index contributed by atoms with van der Waals surface area (Å²) in [5, 5.41) is 2.80. The summed E-state index contributed by atoms with van der Waals surface area (Å²) >= 11 is 0. The SMILES string of the molecule is NC(=O)c1ccccc1[C@@H](Cc1ccccn1)[C@H]1COC(=O)N1. The van der Waals surface area contributed by atoms with E-state index in [9.17, 15) is 9.59 Å². The first-order valence-corrected chi connectivity index (χ1v) is 7.37. The van der Waals surface area contributed by atoms with Crippen LogP contribution >= 0.6 is 0 Å². The molecule has 1 aromatic heterocycles. The van der Waals surface area contributed by atoms with Gasteiger partial charge in [0.25, 0.3) is 0 Å². The van der Waals surface area contributed by atoms with Crippen LogP contribution in [-0.4, -0.2) is 29.6 Å². The first-order chi connectivity index (χ1) is 11.1. The lowest BCUT2D eigenvalue weighted by Gasteiger charge is -2.23. The third-order valence-electron chi connectivity index (χ3n) is 3.96. The highest BCUT2D eigenvalue weighted by atomic mass is 16.6. The molecule has 0 radical (unpaired) electrons. The van der Waals surface area contributed by atoms with Gasteiger partial charge >= 0.3 is 6.09 Å². The minimum atomic E-state index is -0.489. The predicted molar refractivity (Wildman–Crippen MR) is 83.9 cm³/mol. The molecule has 1 aliphatic rings. The van der Waals surface area contributed by atoms with E-state index in [0.29, 0.717) is 12.0 Å². The van der Waals surface area contributed by atoms with E-state index in [4.69, 9.17) is 10.5 Å². The summed E-state index contributed by atoms with van der Waals surface area (Å²) < 4.78 is 5.02. The van der Waals surface area contributed by atoms with Gasteiger partial charge in [0, 0.05) is 23.4 Å². The number of pyridine rings is 1. The van der Waals surface area contributed by atoms with E-state index >= 15 is 0 Å². The molecule has 1 fully saturated rings. The first-order valence-electron chi connectivity index (χ1n) is 7.37. The molecule has 2 heterocycles. The van der Waals surface area contributed by atoms with Crippen LogP contribution in [0.3, 0.4) is 0 Å². The van der Waals surface area contributed by atoms with Crippen LogP contribution in [0.5, 0.6) is 0 Å². The number of carbonyl (C=O) groups excluding carboxylic acids is 2. The quantitative estimate of drug-likeness (QED) is 0.877. The number of hydrogen-bond acceptors (Lipinski definition) is 4. The number of hydrogen-bond donors (Lipinski definition) is 2. The molecule has 0 aliphatic carbocycles. The van der Waals surface area contributed by atoms with Crippen molar-refractivity contribution in [3.63, 3.8) is 0 Å². The minimum absolute atomic E-state index is 0.153. The van der Waals surface area contributed by atoms with Gasteiger partial charge in [-0.25, -0.2) is 4.79 Å². The van der Waals surface area contributed by atoms with E-state index in [1.54, 1.807) is 18.3 Å². The molecule has 2 atom stereocenters. The van der Waals surface area contributed by atoms with Crippen molar-refractivity contribution >= 4 is 12.0 Å². The van der Waals surface area contributed by atoms with Gasteiger partial charge in [-0.2, -0.15) is 0 Å². The number of alkyl carbamates (subject to hydrolysis) is 1. The average Bonchev–Trinajstić information content (AvgIpc) is 3.00. The third kappa shape index (κ3) is 3.31. The van der Waals surface area contributed by atoms with Crippen LogP contribution in [0.1, 0.15) is 27.5 Å². The Morgan fingerprint density at radius 1 is 1.30 bits per heavy atom. The van der Waals surface area contributed by atoms with Crippen molar-refractivity contribution in [3.05, 3.63) is 65.5 Å². The molecule has 3 rings (SSSR count). The van der Waals surface area contributed by atoms with E-state index in [-0.39, 0.29) is 18.6 Å². The maximum Gasteiger partial charge on any atom is 0.407 e. The van der Waals surface area contributed by atoms with Crippen molar-refractivity contribution in [3.8, 4) is 0 Å². The highest BCUT2D eigenvalue weighted by Crippen LogP contribution is 2.28. The van der Waals surface area contributed by atoms with Gasteiger partial charge in [0.1, 0.15) is 6.61 Å². The number of benzene rings is 1. The Morgan fingerprint density at radius 2 is 2.09 bits per heavy atom. The zero-order valence-corrected chi connectivity index (χ0v) is 12.4. The Labute approximate surface area is 133 Å². The van der Waals surface area contributed by atoms with Crippen molar-refractivity contribution in [1.29, 1.82) is 0 Å². The number of nitrogens with two attached hydrogens (primary N) is 1. The van der Waals surface area contributed by atoms with Crippen LogP contribution in [0.25, 0.3) is 0 Å². The largest absolute Gasteiger partial charge is 0.447 e. The first kappa shape index (κ1) is 15.0. The molecule has 6 heteroatoms. The lowest BCUT2D eigenvalue weighted by molar-refractivity contribution is 0.0998. The number of aromatic nitrogens is 1. The summed E-state index contributed by atoms with van der Waals surface area (Å²) in [6.07, 6.45) is 1.84. The summed E-state index contributed by atoms with van der Waals surface area (Å²) in [4.78, 5) is 27.5. The van der Waals surface area contributed by atoms with Crippen LogP contribution in [0.15, 0.2) is 48.7 Å². The third-order valence-corrected chi connectivity index (χ3v) is 3.96. The summed E-state index contributed by atoms with van der Waals surface area (Å²) in [7, 11) is 0. The molecule has 3 N–H and O–H groups in total. The minimum Gasteiger partial charge on any atom is -0.447 e. The number of carbonyl (C=O) groups is 2. The zero-order chi connectivity index (χ0) is 16.2. The molecule has 1 aromatic carbocycles. The number of nitrogens with one attached hydrogen (secondary N) is 1. The fourth-order valence-corrected chi connectivity index (χ4v) is 2.87. The maximum absolute atomic E-state index is 11.7. The molecule has 6 nitrogen and oxygen atoms in total. The molecular weight excluding hydrogens is 294 g/mol. The van der Waals surface area contributed by atoms with Crippen LogP contribution < -0.4 is 11.1 Å². The Bertz CT molecular complexity index is 718. The summed E-state index contributed by atoms with van der Waals surface area (Å²) in [5.41, 5.74) is 7.62. The monoisotopic (exact) mass is 311 g/mol. The van der Waals surface area contributed by atoms with Gasteiger partial charge in [-0.3, -0.25) is 9.78 Å². The Balaban J connectivity index is 1.98. The van der Waals surface area contributed by atoms with Gasteiger partial charge in [-0.05, 0) is 30.2 Å². The van der Waals surface area contributed by atoms with Gasteiger partial charge < -0.3 is 15.8 Å². The van der Waals surface area contributed by atoms with Gasteiger partial charge in [0.05, 0.1) is 6.04 Å². The molecule has 0 saturated carbocycles. The molecule has 23 heavy (non-hydrogen) atoms. The van der Waals surface area contributed by atoms with Crippen molar-refractivity contribution in [2.75, 3.05) is 6.61 Å². The lowest BCUT2D eigenvalue weighted by Crippen LogP contribution is -2.35. The number of primary amides is 1. The van der Waals surface area contributed by atoms with Gasteiger partial charge in [0.2, 0.25) is 5.91 Å². The van der Waals surface area contributed by atoms with Crippen LogP contribution in [0, 0.1) is 0 Å². The average molecular weight is 311 g/mol. The molecule has 1 aliphatic heterocycles. The smallest absolute Gasteiger partial charge is 0.407 e. The standard InChI is InChI=1S/C17H17N3O3/c18-16(21)13-7-2-1-6-12(13)14(15-10-23-17(22)20-15)9-11-5-3-4-8-19-11/h1-8,14-15H,9-10H2,(H2,18,21)(H,20,22)/t14-,15-/m1/s1. The highest BCUT2D eigenvalue weighted by Gasteiger charge is 2.33. The van der Waals surface area contributed by atoms with Crippen molar-refractivity contribution in [2.24, 2.45) is 5.73 Å². The molecule has 2 amide bonds. The molecule has 0 bridgehead atoms. The summed E-state index contributed by atoms with van der Waals surface area (Å²) in [5.74, 6) is -0.642. The van der Waals surface area contributed by atoms with Crippen molar-refractivity contribution in [1.82, 2.24) is 10.3 Å². The van der Waals surface area contributed by atoms with E-state index in [1.165, 1.54) is 0 Å². The topological polar surface area (TPSA) is 94.3 Å².